The van der Waals surface area contributed by atoms with Crippen molar-refractivity contribution in [2.75, 3.05) is 11.9 Å². The van der Waals surface area contributed by atoms with E-state index >= 15 is 0 Å². The molecule has 0 aliphatic heterocycles. The van der Waals surface area contributed by atoms with Gasteiger partial charge in [0.25, 0.3) is 0 Å². The molecule has 1 N–H and O–H groups in total. The lowest BCUT2D eigenvalue weighted by Crippen LogP contribution is -2.16. The summed E-state index contributed by atoms with van der Waals surface area (Å²) in [5.41, 5.74) is 0.331. The second kappa shape index (κ2) is 4.36. The standard InChI is InChI=1S/C12H16F2N2/c1-2-3-12(4-5-12)8-16-11-10(14)6-9(13)7-15-11/h6-7H,2-5,8H2,1H3,(H,15,16). The van der Waals surface area contributed by atoms with Crippen molar-refractivity contribution in [2.45, 2.75) is 32.6 Å². The van der Waals surface area contributed by atoms with E-state index in [4.69, 9.17) is 0 Å². The Labute approximate surface area is 94.1 Å². The predicted molar refractivity (Wildman–Crippen MR) is 59.2 cm³/mol. The molecular weight excluding hydrogens is 210 g/mol. The molecule has 1 aromatic rings. The highest BCUT2D eigenvalue weighted by Crippen LogP contribution is 2.49. The second-order valence-corrected chi connectivity index (χ2v) is 4.59. The van der Waals surface area contributed by atoms with Crippen molar-refractivity contribution in [3.63, 3.8) is 0 Å². The Bertz CT molecular complexity index is 375. The predicted octanol–water partition coefficient (Wildman–Crippen LogP) is 3.35. The zero-order valence-corrected chi connectivity index (χ0v) is 9.39. The third-order valence-corrected chi connectivity index (χ3v) is 3.18. The summed E-state index contributed by atoms with van der Waals surface area (Å²) >= 11 is 0. The Morgan fingerprint density at radius 2 is 2.19 bits per heavy atom. The average molecular weight is 226 g/mol. The van der Waals surface area contributed by atoms with Gasteiger partial charge in [-0.2, -0.15) is 0 Å². The highest BCUT2D eigenvalue weighted by molar-refractivity contribution is 5.36. The lowest BCUT2D eigenvalue weighted by molar-refractivity contribution is 0.482. The molecule has 16 heavy (non-hydrogen) atoms. The fraction of sp³-hybridized carbons (Fsp3) is 0.583. The molecule has 0 aromatic carbocycles. The minimum atomic E-state index is -0.641. The van der Waals surface area contributed by atoms with Crippen LogP contribution in [-0.2, 0) is 0 Å². The van der Waals surface area contributed by atoms with E-state index in [2.05, 4.69) is 17.2 Å². The van der Waals surface area contributed by atoms with E-state index in [1.807, 2.05) is 0 Å². The lowest BCUT2D eigenvalue weighted by atomic mass is 10.0. The summed E-state index contributed by atoms with van der Waals surface area (Å²) in [6.07, 6.45) is 5.71. The largest absolute Gasteiger partial charge is 0.367 e. The van der Waals surface area contributed by atoms with Crippen LogP contribution >= 0.6 is 0 Å². The molecule has 0 amide bonds. The maximum atomic E-state index is 13.3. The van der Waals surface area contributed by atoms with Crippen molar-refractivity contribution >= 4 is 5.82 Å². The Morgan fingerprint density at radius 3 is 2.75 bits per heavy atom. The maximum Gasteiger partial charge on any atom is 0.168 e. The van der Waals surface area contributed by atoms with E-state index in [9.17, 15) is 8.78 Å². The van der Waals surface area contributed by atoms with Gasteiger partial charge in [-0.15, -0.1) is 0 Å². The molecule has 0 unspecified atom stereocenters. The molecule has 2 nitrogen and oxygen atoms in total. The quantitative estimate of drug-likeness (QED) is 0.832. The number of aromatic nitrogens is 1. The molecule has 0 spiro atoms. The molecule has 1 heterocycles. The lowest BCUT2D eigenvalue weighted by Gasteiger charge is -2.15. The van der Waals surface area contributed by atoms with E-state index in [-0.39, 0.29) is 5.82 Å². The molecule has 88 valence electrons. The van der Waals surface area contributed by atoms with Crippen molar-refractivity contribution in [1.82, 2.24) is 4.98 Å². The van der Waals surface area contributed by atoms with Gasteiger partial charge in [0.1, 0.15) is 5.82 Å². The van der Waals surface area contributed by atoms with Gasteiger partial charge >= 0.3 is 0 Å². The van der Waals surface area contributed by atoms with Crippen molar-refractivity contribution in [3.8, 4) is 0 Å². The van der Waals surface area contributed by atoms with Crippen LogP contribution in [0.1, 0.15) is 32.6 Å². The van der Waals surface area contributed by atoms with Crippen molar-refractivity contribution < 1.29 is 8.78 Å². The zero-order valence-electron chi connectivity index (χ0n) is 9.39. The fourth-order valence-corrected chi connectivity index (χ4v) is 2.04. The summed E-state index contributed by atoms with van der Waals surface area (Å²) in [5.74, 6) is -1.10. The highest BCUT2D eigenvalue weighted by atomic mass is 19.1. The summed E-state index contributed by atoms with van der Waals surface area (Å²) in [4.78, 5) is 3.71. The molecular formula is C12H16F2N2. The number of hydrogen-bond acceptors (Lipinski definition) is 2. The molecule has 0 bridgehead atoms. The first-order chi connectivity index (χ1) is 7.65. The SMILES string of the molecule is CCCC1(CNc2ncc(F)cc2F)CC1. The van der Waals surface area contributed by atoms with Crippen LogP contribution in [-0.4, -0.2) is 11.5 Å². The van der Waals surface area contributed by atoms with Gasteiger partial charge in [-0.25, -0.2) is 13.8 Å². The number of anilines is 1. The van der Waals surface area contributed by atoms with Gasteiger partial charge in [0.15, 0.2) is 11.6 Å². The van der Waals surface area contributed by atoms with Gasteiger partial charge in [-0.1, -0.05) is 13.3 Å². The number of nitrogens with one attached hydrogen (secondary N) is 1. The monoisotopic (exact) mass is 226 g/mol. The Balaban J connectivity index is 1.94. The van der Waals surface area contributed by atoms with Crippen LogP contribution in [0.4, 0.5) is 14.6 Å². The number of nitrogens with zero attached hydrogens (tertiary/aromatic N) is 1. The van der Waals surface area contributed by atoms with Crippen LogP contribution in [0.5, 0.6) is 0 Å². The van der Waals surface area contributed by atoms with Crippen LogP contribution in [0.15, 0.2) is 12.3 Å². The number of halogens is 2. The van der Waals surface area contributed by atoms with Crippen molar-refractivity contribution in [2.24, 2.45) is 5.41 Å². The molecule has 1 aliphatic carbocycles. The molecule has 1 aliphatic rings. The summed E-state index contributed by atoms with van der Waals surface area (Å²) in [7, 11) is 0. The molecule has 4 heteroatoms. The molecule has 0 atom stereocenters. The van der Waals surface area contributed by atoms with E-state index < -0.39 is 11.6 Å². The van der Waals surface area contributed by atoms with Gasteiger partial charge in [-0.3, -0.25) is 0 Å². The number of rotatable bonds is 5. The van der Waals surface area contributed by atoms with Crippen LogP contribution in [0.25, 0.3) is 0 Å². The smallest absolute Gasteiger partial charge is 0.168 e. The fourth-order valence-electron chi connectivity index (χ4n) is 2.04. The molecule has 1 aromatic heterocycles. The zero-order chi connectivity index (χ0) is 11.6. The van der Waals surface area contributed by atoms with Gasteiger partial charge < -0.3 is 5.32 Å². The summed E-state index contributed by atoms with van der Waals surface area (Å²) < 4.78 is 25.9. The van der Waals surface area contributed by atoms with E-state index in [0.717, 1.165) is 31.6 Å². The van der Waals surface area contributed by atoms with E-state index in [1.54, 1.807) is 0 Å². The molecule has 0 saturated heterocycles. The van der Waals surface area contributed by atoms with Gasteiger partial charge in [-0.05, 0) is 24.7 Å². The van der Waals surface area contributed by atoms with Gasteiger partial charge in [0.2, 0.25) is 0 Å². The van der Waals surface area contributed by atoms with Gasteiger partial charge in [0.05, 0.1) is 6.20 Å². The topological polar surface area (TPSA) is 24.9 Å². The van der Waals surface area contributed by atoms with Gasteiger partial charge in [0, 0.05) is 12.6 Å². The Morgan fingerprint density at radius 1 is 1.44 bits per heavy atom. The summed E-state index contributed by atoms with van der Waals surface area (Å²) in [6, 6.07) is 0.856. The second-order valence-electron chi connectivity index (χ2n) is 4.59. The van der Waals surface area contributed by atoms with E-state index in [0.29, 0.717) is 5.41 Å². The number of pyridine rings is 1. The Kier molecular flexibility index (Phi) is 3.08. The summed E-state index contributed by atoms with van der Waals surface area (Å²) in [6.45, 7) is 2.88. The van der Waals surface area contributed by atoms with Crippen LogP contribution in [0, 0.1) is 17.0 Å². The third kappa shape index (κ3) is 2.49. The van der Waals surface area contributed by atoms with Crippen molar-refractivity contribution in [3.05, 3.63) is 23.9 Å². The highest BCUT2D eigenvalue weighted by Gasteiger charge is 2.41. The van der Waals surface area contributed by atoms with Crippen LogP contribution in [0.2, 0.25) is 0 Å². The minimum Gasteiger partial charge on any atom is -0.367 e. The molecule has 0 radical (unpaired) electrons. The maximum absolute atomic E-state index is 13.3. The van der Waals surface area contributed by atoms with E-state index in [1.165, 1.54) is 12.8 Å². The van der Waals surface area contributed by atoms with Crippen molar-refractivity contribution in [1.29, 1.82) is 0 Å². The molecule has 1 fully saturated rings. The number of hydrogen-bond donors (Lipinski definition) is 1. The minimum absolute atomic E-state index is 0.156. The van der Waals surface area contributed by atoms with Crippen LogP contribution in [0.3, 0.4) is 0 Å². The van der Waals surface area contributed by atoms with Crippen LogP contribution < -0.4 is 5.32 Å². The summed E-state index contributed by atoms with van der Waals surface area (Å²) in [5, 5.41) is 2.97. The molecule has 1 saturated carbocycles. The third-order valence-electron chi connectivity index (χ3n) is 3.18. The normalized spacial score (nSPS) is 17.2. The molecule has 2 rings (SSSR count). The average Bonchev–Trinajstić information content (AvgIpc) is 2.98. The Hall–Kier alpha value is -1.19. The first-order valence-electron chi connectivity index (χ1n) is 5.70. The first-order valence-corrected chi connectivity index (χ1v) is 5.70. The first kappa shape index (κ1) is 11.3.